The van der Waals surface area contributed by atoms with Gasteiger partial charge in [-0.2, -0.15) is 0 Å². The van der Waals surface area contributed by atoms with E-state index in [0.29, 0.717) is 17.7 Å². The smallest absolute Gasteiger partial charge is 0.251 e. The molecule has 136 valence electrons. The Kier molecular flexibility index (Phi) is 6.36. The fourth-order valence-corrected chi connectivity index (χ4v) is 3.28. The van der Waals surface area contributed by atoms with Crippen molar-refractivity contribution < 1.29 is 9.59 Å². The van der Waals surface area contributed by atoms with E-state index in [1.807, 2.05) is 12.1 Å². The minimum Gasteiger partial charge on any atom is -0.349 e. The zero-order valence-electron chi connectivity index (χ0n) is 14.9. The second-order valence-electron chi connectivity index (χ2n) is 6.79. The van der Waals surface area contributed by atoms with Crippen LogP contribution in [0.15, 0.2) is 48.8 Å². The molecule has 1 aromatic heterocycles. The van der Waals surface area contributed by atoms with Crippen LogP contribution in [0.3, 0.4) is 0 Å². The molecule has 0 spiro atoms. The van der Waals surface area contributed by atoms with Crippen LogP contribution in [0.25, 0.3) is 0 Å². The van der Waals surface area contributed by atoms with Crippen molar-refractivity contribution in [3.8, 4) is 0 Å². The zero-order valence-corrected chi connectivity index (χ0v) is 14.9. The SMILES string of the molecule is O=C(NCc1cccnc1)c1cccc(C(=O)NC2CCCCCC2)c1. The van der Waals surface area contributed by atoms with Crippen molar-refractivity contribution in [3.63, 3.8) is 0 Å². The van der Waals surface area contributed by atoms with Crippen LogP contribution in [-0.2, 0) is 6.54 Å². The first-order chi connectivity index (χ1) is 12.7. The average molecular weight is 351 g/mol. The summed E-state index contributed by atoms with van der Waals surface area (Å²) < 4.78 is 0. The third-order valence-electron chi connectivity index (χ3n) is 4.75. The van der Waals surface area contributed by atoms with Crippen molar-refractivity contribution >= 4 is 11.8 Å². The first-order valence-electron chi connectivity index (χ1n) is 9.30. The lowest BCUT2D eigenvalue weighted by Crippen LogP contribution is -2.34. The van der Waals surface area contributed by atoms with E-state index in [1.54, 1.807) is 36.7 Å². The van der Waals surface area contributed by atoms with Gasteiger partial charge in [0, 0.05) is 36.1 Å². The van der Waals surface area contributed by atoms with Gasteiger partial charge in [-0.3, -0.25) is 14.6 Å². The molecule has 1 aliphatic rings. The van der Waals surface area contributed by atoms with E-state index in [9.17, 15) is 9.59 Å². The van der Waals surface area contributed by atoms with Crippen molar-refractivity contribution in [2.24, 2.45) is 0 Å². The van der Waals surface area contributed by atoms with Crippen LogP contribution in [0.1, 0.15) is 64.8 Å². The molecule has 3 rings (SSSR count). The predicted octanol–water partition coefficient (Wildman–Crippen LogP) is 3.46. The van der Waals surface area contributed by atoms with Gasteiger partial charge in [-0.15, -0.1) is 0 Å². The third kappa shape index (κ3) is 5.15. The lowest BCUT2D eigenvalue weighted by molar-refractivity contribution is 0.0933. The van der Waals surface area contributed by atoms with Crippen LogP contribution in [-0.4, -0.2) is 22.8 Å². The topological polar surface area (TPSA) is 71.1 Å². The maximum Gasteiger partial charge on any atom is 0.251 e. The van der Waals surface area contributed by atoms with Crippen molar-refractivity contribution in [1.82, 2.24) is 15.6 Å². The monoisotopic (exact) mass is 351 g/mol. The Morgan fingerprint density at radius 1 is 0.962 bits per heavy atom. The molecule has 0 atom stereocenters. The first-order valence-corrected chi connectivity index (χ1v) is 9.30. The molecular weight excluding hydrogens is 326 g/mol. The summed E-state index contributed by atoms with van der Waals surface area (Å²) in [6, 6.07) is 10.9. The fraction of sp³-hybridized carbons (Fsp3) is 0.381. The first kappa shape index (κ1) is 18.1. The van der Waals surface area contributed by atoms with Crippen molar-refractivity contribution in [1.29, 1.82) is 0 Å². The fourth-order valence-electron chi connectivity index (χ4n) is 3.28. The Hall–Kier alpha value is -2.69. The molecule has 1 fully saturated rings. The number of carbonyl (C=O) groups excluding carboxylic acids is 2. The van der Waals surface area contributed by atoms with Gasteiger partial charge >= 0.3 is 0 Å². The highest BCUT2D eigenvalue weighted by Crippen LogP contribution is 2.18. The highest BCUT2D eigenvalue weighted by atomic mass is 16.2. The van der Waals surface area contributed by atoms with Crippen LogP contribution in [0.4, 0.5) is 0 Å². The Bertz CT molecular complexity index is 738. The maximum atomic E-state index is 12.5. The third-order valence-corrected chi connectivity index (χ3v) is 4.75. The van der Waals surface area contributed by atoms with E-state index in [2.05, 4.69) is 15.6 Å². The summed E-state index contributed by atoms with van der Waals surface area (Å²) in [4.78, 5) is 28.9. The standard InChI is InChI=1S/C21H25N3O2/c25-20(23-15-16-7-6-12-22-14-16)17-8-5-9-18(13-17)21(26)24-19-10-3-1-2-4-11-19/h5-9,12-14,19H,1-4,10-11,15H2,(H,23,25)(H,24,26). The molecule has 2 N–H and O–H groups in total. The second-order valence-corrected chi connectivity index (χ2v) is 6.79. The van der Waals surface area contributed by atoms with Crippen LogP contribution in [0.2, 0.25) is 0 Å². The molecule has 26 heavy (non-hydrogen) atoms. The van der Waals surface area contributed by atoms with Crippen LogP contribution in [0, 0.1) is 0 Å². The van der Waals surface area contributed by atoms with E-state index in [-0.39, 0.29) is 17.9 Å². The van der Waals surface area contributed by atoms with Crippen molar-refractivity contribution in [3.05, 3.63) is 65.5 Å². The predicted molar refractivity (Wildman–Crippen MR) is 101 cm³/mol. The largest absolute Gasteiger partial charge is 0.349 e. The molecule has 0 radical (unpaired) electrons. The summed E-state index contributed by atoms with van der Waals surface area (Å²) in [5.41, 5.74) is 1.95. The van der Waals surface area contributed by atoms with Crippen LogP contribution >= 0.6 is 0 Å². The molecule has 1 saturated carbocycles. The molecule has 1 aromatic carbocycles. The number of hydrogen-bond donors (Lipinski definition) is 2. The van der Waals surface area contributed by atoms with Crippen molar-refractivity contribution in [2.45, 2.75) is 51.1 Å². The molecule has 1 aliphatic carbocycles. The molecule has 5 heteroatoms. The Balaban J connectivity index is 1.59. The van der Waals surface area contributed by atoms with Gasteiger partial charge in [-0.1, -0.05) is 37.8 Å². The van der Waals surface area contributed by atoms with Gasteiger partial charge in [0.25, 0.3) is 11.8 Å². The van der Waals surface area contributed by atoms with E-state index in [1.165, 1.54) is 25.7 Å². The molecule has 0 bridgehead atoms. The molecule has 2 aromatic rings. The molecular formula is C21H25N3O2. The summed E-state index contributed by atoms with van der Waals surface area (Å²) in [6.45, 7) is 0.408. The molecule has 0 aliphatic heterocycles. The molecule has 5 nitrogen and oxygen atoms in total. The van der Waals surface area contributed by atoms with Crippen LogP contribution < -0.4 is 10.6 Å². The summed E-state index contributed by atoms with van der Waals surface area (Å²) in [7, 11) is 0. The Morgan fingerprint density at radius 2 is 1.69 bits per heavy atom. The summed E-state index contributed by atoms with van der Waals surface area (Å²) >= 11 is 0. The Labute approximate surface area is 154 Å². The maximum absolute atomic E-state index is 12.5. The van der Waals surface area contributed by atoms with Gasteiger partial charge in [0.2, 0.25) is 0 Å². The minimum absolute atomic E-state index is 0.0983. The minimum atomic E-state index is -0.196. The quantitative estimate of drug-likeness (QED) is 0.811. The number of carbonyl (C=O) groups is 2. The lowest BCUT2D eigenvalue weighted by atomic mass is 10.1. The summed E-state index contributed by atoms with van der Waals surface area (Å²) in [5.74, 6) is -0.295. The van der Waals surface area contributed by atoms with Gasteiger partial charge in [0.05, 0.1) is 0 Å². The number of nitrogens with zero attached hydrogens (tertiary/aromatic N) is 1. The number of aromatic nitrogens is 1. The lowest BCUT2D eigenvalue weighted by Gasteiger charge is -2.16. The van der Waals surface area contributed by atoms with Gasteiger partial charge in [0.15, 0.2) is 0 Å². The van der Waals surface area contributed by atoms with E-state index < -0.39 is 0 Å². The zero-order chi connectivity index (χ0) is 18.2. The highest BCUT2D eigenvalue weighted by molar-refractivity contribution is 5.99. The highest BCUT2D eigenvalue weighted by Gasteiger charge is 2.16. The molecule has 2 amide bonds. The Morgan fingerprint density at radius 3 is 2.38 bits per heavy atom. The van der Waals surface area contributed by atoms with E-state index >= 15 is 0 Å². The molecule has 1 heterocycles. The number of amides is 2. The van der Waals surface area contributed by atoms with Gasteiger partial charge in [0.1, 0.15) is 0 Å². The normalized spacial score (nSPS) is 15.1. The van der Waals surface area contributed by atoms with E-state index in [4.69, 9.17) is 0 Å². The average Bonchev–Trinajstić information content (AvgIpc) is 2.95. The number of hydrogen-bond acceptors (Lipinski definition) is 3. The van der Waals surface area contributed by atoms with Gasteiger partial charge in [-0.25, -0.2) is 0 Å². The van der Waals surface area contributed by atoms with Crippen LogP contribution in [0.5, 0.6) is 0 Å². The molecule has 0 saturated heterocycles. The number of nitrogens with one attached hydrogen (secondary N) is 2. The van der Waals surface area contributed by atoms with E-state index in [0.717, 1.165) is 18.4 Å². The van der Waals surface area contributed by atoms with Gasteiger partial charge in [-0.05, 0) is 42.7 Å². The second kappa shape index (κ2) is 9.13. The summed E-state index contributed by atoms with van der Waals surface area (Å²) in [6.07, 6.45) is 10.3. The molecule has 0 unspecified atom stereocenters. The number of pyridine rings is 1. The number of rotatable bonds is 5. The number of benzene rings is 1. The van der Waals surface area contributed by atoms with Crippen molar-refractivity contribution in [2.75, 3.05) is 0 Å². The summed E-state index contributed by atoms with van der Waals surface area (Å²) in [5, 5.41) is 5.98. The van der Waals surface area contributed by atoms with Gasteiger partial charge < -0.3 is 10.6 Å².